The van der Waals surface area contributed by atoms with Gasteiger partial charge in [-0.2, -0.15) is 0 Å². The van der Waals surface area contributed by atoms with Crippen LogP contribution >= 0.6 is 11.8 Å². The first-order chi connectivity index (χ1) is 14.3. The normalized spacial score (nSPS) is 16.9. The molecule has 2 aromatic carbocycles. The Kier molecular flexibility index (Phi) is 6.75. The van der Waals surface area contributed by atoms with Crippen LogP contribution in [-0.2, 0) is 4.79 Å². The summed E-state index contributed by atoms with van der Waals surface area (Å²) in [6.07, 6.45) is 4.35. The van der Waals surface area contributed by atoms with Gasteiger partial charge in [-0.05, 0) is 23.8 Å². The molecule has 0 N–H and O–H groups in total. The second-order valence-electron chi connectivity index (χ2n) is 7.09. The number of carbonyl (C=O) groups is 1. The number of nitrogens with zero attached hydrogens (tertiary/aromatic N) is 2. The van der Waals surface area contributed by atoms with E-state index in [9.17, 15) is 4.79 Å². The third-order valence-corrected chi connectivity index (χ3v) is 6.05. The van der Waals surface area contributed by atoms with Gasteiger partial charge < -0.3 is 14.4 Å². The van der Waals surface area contributed by atoms with Gasteiger partial charge in [-0.25, -0.2) is 0 Å². The maximum atomic E-state index is 12.6. The molecule has 152 valence electrons. The molecule has 2 aliphatic heterocycles. The van der Waals surface area contributed by atoms with Crippen molar-refractivity contribution in [2.24, 2.45) is 0 Å². The summed E-state index contributed by atoms with van der Waals surface area (Å²) in [4.78, 5) is 18.0. The van der Waals surface area contributed by atoms with Crippen molar-refractivity contribution in [1.82, 2.24) is 9.80 Å². The molecule has 0 radical (unpaired) electrons. The zero-order valence-corrected chi connectivity index (χ0v) is 17.3. The molecular formula is C23H26N2O3S. The minimum absolute atomic E-state index is 0.198. The minimum Gasteiger partial charge on any atom is -0.486 e. The van der Waals surface area contributed by atoms with Crippen molar-refractivity contribution in [3.05, 3.63) is 60.2 Å². The molecule has 5 nitrogen and oxygen atoms in total. The quantitative estimate of drug-likeness (QED) is 0.683. The van der Waals surface area contributed by atoms with Gasteiger partial charge in [-0.3, -0.25) is 9.69 Å². The van der Waals surface area contributed by atoms with E-state index in [-0.39, 0.29) is 5.91 Å². The van der Waals surface area contributed by atoms with Crippen molar-refractivity contribution in [1.29, 1.82) is 0 Å². The molecule has 2 heterocycles. The predicted molar refractivity (Wildman–Crippen MR) is 117 cm³/mol. The number of fused-ring (bicyclic) bond motifs is 1. The third-order valence-electron chi connectivity index (χ3n) is 5.07. The van der Waals surface area contributed by atoms with Gasteiger partial charge in [0, 0.05) is 37.6 Å². The van der Waals surface area contributed by atoms with Crippen LogP contribution in [0, 0.1) is 0 Å². The van der Waals surface area contributed by atoms with E-state index in [0.29, 0.717) is 19.0 Å². The first-order valence-corrected chi connectivity index (χ1v) is 11.0. The highest BCUT2D eigenvalue weighted by molar-refractivity contribution is 8.00. The van der Waals surface area contributed by atoms with E-state index in [1.807, 2.05) is 41.3 Å². The van der Waals surface area contributed by atoms with Crippen molar-refractivity contribution >= 4 is 23.7 Å². The average molecular weight is 411 g/mol. The largest absolute Gasteiger partial charge is 0.486 e. The lowest BCUT2D eigenvalue weighted by atomic mass is 10.2. The van der Waals surface area contributed by atoms with Crippen LogP contribution in [0.4, 0.5) is 0 Å². The van der Waals surface area contributed by atoms with Gasteiger partial charge in [0.15, 0.2) is 11.5 Å². The number of benzene rings is 2. The van der Waals surface area contributed by atoms with E-state index in [0.717, 1.165) is 49.1 Å². The summed E-state index contributed by atoms with van der Waals surface area (Å²) in [5, 5.41) is 0. The number of hydrogen-bond donors (Lipinski definition) is 0. The van der Waals surface area contributed by atoms with E-state index < -0.39 is 0 Å². The van der Waals surface area contributed by atoms with Crippen molar-refractivity contribution < 1.29 is 14.3 Å². The highest BCUT2D eigenvalue weighted by Gasteiger charge is 2.20. The molecule has 0 aromatic heterocycles. The Bertz CT molecular complexity index is 848. The highest BCUT2D eigenvalue weighted by Crippen LogP contribution is 2.34. The summed E-state index contributed by atoms with van der Waals surface area (Å²) < 4.78 is 11.2. The van der Waals surface area contributed by atoms with E-state index in [4.69, 9.17) is 9.47 Å². The molecule has 2 aromatic rings. The maximum absolute atomic E-state index is 12.6. The third kappa shape index (κ3) is 5.55. The second-order valence-corrected chi connectivity index (χ2v) is 8.14. The number of rotatable bonds is 6. The van der Waals surface area contributed by atoms with Gasteiger partial charge >= 0.3 is 0 Å². The SMILES string of the molecule is O=C(CSc1ccc2c(c1)OCCO2)N1CCN(C/C=C/c2ccccc2)CC1. The van der Waals surface area contributed by atoms with Crippen LogP contribution in [0.5, 0.6) is 11.5 Å². The average Bonchev–Trinajstić information content (AvgIpc) is 2.78. The fourth-order valence-electron chi connectivity index (χ4n) is 3.43. The fourth-order valence-corrected chi connectivity index (χ4v) is 4.26. The number of thioether (sulfide) groups is 1. The second kappa shape index (κ2) is 9.85. The molecule has 4 rings (SSSR count). The first-order valence-electron chi connectivity index (χ1n) is 10.0. The molecule has 29 heavy (non-hydrogen) atoms. The summed E-state index contributed by atoms with van der Waals surface area (Å²) in [5.74, 6) is 2.20. The Labute approximate surface area is 176 Å². The van der Waals surface area contributed by atoms with Crippen LogP contribution in [0.2, 0.25) is 0 Å². The number of hydrogen-bond acceptors (Lipinski definition) is 5. The molecule has 1 saturated heterocycles. The van der Waals surface area contributed by atoms with Crippen LogP contribution in [0.25, 0.3) is 6.08 Å². The molecule has 1 fully saturated rings. The summed E-state index contributed by atoms with van der Waals surface area (Å²) in [5.41, 5.74) is 1.22. The lowest BCUT2D eigenvalue weighted by Gasteiger charge is -2.34. The zero-order valence-electron chi connectivity index (χ0n) is 16.5. The van der Waals surface area contributed by atoms with Crippen LogP contribution < -0.4 is 9.47 Å². The number of amides is 1. The highest BCUT2D eigenvalue weighted by atomic mass is 32.2. The monoisotopic (exact) mass is 410 g/mol. The van der Waals surface area contributed by atoms with Gasteiger partial charge in [-0.15, -0.1) is 11.8 Å². The van der Waals surface area contributed by atoms with Gasteiger partial charge in [0.2, 0.25) is 5.91 Å². The van der Waals surface area contributed by atoms with E-state index in [1.165, 1.54) is 5.56 Å². The molecule has 6 heteroatoms. The van der Waals surface area contributed by atoms with Gasteiger partial charge in [0.05, 0.1) is 5.75 Å². The zero-order chi connectivity index (χ0) is 19.9. The Morgan fingerprint density at radius 2 is 1.72 bits per heavy atom. The van der Waals surface area contributed by atoms with E-state index in [1.54, 1.807) is 11.8 Å². The Balaban J connectivity index is 1.19. The molecule has 0 unspecified atom stereocenters. The topological polar surface area (TPSA) is 42.0 Å². The number of piperazine rings is 1. The Hall–Kier alpha value is -2.44. The van der Waals surface area contributed by atoms with Gasteiger partial charge in [0.1, 0.15) is 13.2 Å². The van der Waals surface area contributed by atoms with Crippen molar-refractivity contribution in [2.75, 3.05) is 51.7 Å². The molecule has 1 amide bonds. The molecule has 0 spiro atoms. The standard InChI is InChI=1S/C23H26N2O3S/c26-23(18-29-20-8-9-21-22(17-20)28-16-15-27-21)25-13-11-24(12-14-25)10-4-7-19-5-2-1-3-6-19/h1-9,17H,10-16,18H2/b7-4+. The van der Waals surface area contributed by atoms with E-state index >= 15 is 0 Å². The first kappa shape index (κ1) is 19.9. The lowest BCUT2D eigenvalue weighted by Crippen LogP contribution is -2.49. The minimum atomic E-state index is 0.198. The molecule has 0 aliphatic carbocycles. The van der Waals surface area contributed by atoms with Crippen molar-refractivity contribution in [2.45, 2.75) is 4.90 Å². The smallest absolute Gasteiger partial charge is 0.233 e. The molecule has 2 aliphatic rings. The van der Waals surface area contributed by atoms with Gasteiger partial charge in [0.25, 0.3) is 0 Å². The Morgan fingerprint density at radius 3 is 2.52 bits per heavy atom. The van der Waals surface area contributed by atoms with Crippen LogP contribution in [-0.4, -0.2) is 67.4 Å². The van der Waals surface area contributed by atoms with Crippen LogP contribution in [0.1, 0.15) is 5.56 Å². The summed E-state index contributed by atoms with van der Waals surface area (Å²) in [7, 11) is 0. The van der Waals surface area contributed by atoms with Crippen LogP contribution in [0.15, 0.2) is 59.5 Å². The van der Waals surface area contributed by atoms with Crippen molar-refractivity contribution in [3.8, 4) is 11.5 Å². The summed E-state index contributed by atoms with van der Waals surface area (Å²) in [6, 6.07) is 16.2. The van der Waals surface area contributed by atoms with Crippen molar-refractivity contribution in [3.63, 3.8) is 0 Å². The summed E-state index contributed by atoms with van der Waals surface area (Å²) >= 11 is 1.56. The molecule has 0 atom stereocenters. The molecule has 0 saturated carbocycles. The molecule has 0 bridgehead atoms. The van der Waals surface area contributed by atoms with Gasteiger partial charge in [-0.1, -0.05) is 42.5 Å². The molecular weight excluding hydrogens is 384 g/mol. The maximum Gasteiger partial charge on any atom is 0.233 e. The lowest BCUT2D eigenvalue weighted by molar-refractivity contribution is -0.129. The number of ether oxygens (including phenoxy) is 2. The summed E-state index contributed by atoms with van der Waals surface area (Å²) in [6.45, 7) is 5.50. The number of carbonyl (C=O) groups excluding carboxylic acids is 1. The van der Waals surface area contributed by atoms with Crippen LogP contribution in [0.3, 0.4) is 0 Å². The predicted octanol–water partition coefficient (Wildman–Crippen LogP) is 3.41. The van der Waals surface area contributed by atoms with E-state index in [2.05, 4.69) is 29.2 Å². The fraction of sp³-hybridized carbons (Fsp3) is 0.348. The Morgan fingerprint density at radius 1 is 0.966 bits per heavy atom.